The van der Waals surface area contributed by atoms with Crippen LogP contribution < -0.4 is 5.73 Å². The number of halogens is 2. The molecule has 0 atom stereocenters. The number of thioether (sulfide) groups is 1. The zero-order chi connectivity index (χ0) is 12.3. The lowest BCUT2D eigenvalue weighted by Crippen LogP contribution is -1.90. The van der Waals surface area contributed by atoms with Gasteiger partial charge < -0.3 is 5.73 Å². The number of nitrogens with two attached hydrogens (primary N) is 1. The van der Waals surface area contributed by atoms with Crippen LogP contribution in [0.2, 0.25) is 5.02 Å². The molecule has 2 nitrogen and oxygen atoms in total. The molecule has 1 aromatic carbocycles. The molecule has 0 aliphatic rings. The van der Waals surface area contributed by atoms with Crippen LogP contribution in [0, 0.1) is 5.82 Å². The highest BCUT2D eigenvalue weighted by Gasteiger charge is 2.05. The van der Waals surface area contributed by atoms with Gasteiger partial charge in [-0.15, -0.1) is 11.8 Å². The predicted octanol–water partition coefficient (Wildman–Crippen LogP) is 3.75. The molecule has 17 heavy (non-hydrogen) atoms. The molecular formula is C12H10ClFN2S. The molecule has 88 valence electrons. The van der Waals surface area contributed by atoms with E-state index >= 15 is 0 Å². The summed E-state index contributed by atoms with van der Waals surface area (Å²) in [7, 11) is 0. The summed E-state index contributed by atoms with van der Waals surface area (Å²) < 4.78 is 13.0. The number of aromatic nitrogens is 1. The van der Waals surface area contributed by atoms with E-state index in [0.29, 0.717) is 16.5 Å². The second-order valence-corrected chi connectivity index (χ2v) is 4.86. The van der Waals surface area contributed by atoms with E-state index < -0.39 is 0 Å². The summed E-state index contributed by atoms with van der Waals surface area (Å²) in [5.41, 5.74) is 7.28. The summed E-state index contributed by atoms with van der Waals surface area (Å²) in [6, 6.07) is 6.17. The van der Waals surface area contributed by atoms with Gasteiger partial charge in [0, 0.05) is 28.7 Å². The van der Waals surface area contributed by atoms with Crippen molar-refractivity contribution in [2.24, 2.45) is 0 Å². The maximum absolute atomic E-state index is 13.0. The lowest BCUT2D eigenvalue weighted by atomic mass is 10.3. The summed E-state index contributed by atoms with van der Waals surface area (Å²) >= 11 is 7.43. The molecule has 0 bridgehead atoms. The Bertz CT molecular complexity index is 534. The first-order valence-electron chi connectivity index (χ1n) is 4.93. The normalized spacial score (nSPS) is 10.5. The largest absolute Gasteiger partial charge is 0.398 e. The fourth-order valence-electron chi connectivity index (χ4n) is 1.31. The summed E-state index contributed by atoms with van der Waals surface area (Å²) in [5, 5.41) is 0.606. The van der Waals surface area contributed by atoms with Crippen LogP contribution in [0.1, 0.15) is 5.56 Å². The minimum Gasteiger partial charge on any atom is -0.398 e. The van der Waals surface area contributed by atoms with Crippen molar-refractivity contribution in [3.63, 3.8) is 0 Å². The van der Waals surface area contributed by atoms with Crippen molar-refractivity contribution < 1.29 is 4.39 Å². The first kappa shape index (κ1) is 12.2. The third-order valence-corrected chi connectivity index (χ3v) is 3.68. The van der Waals surface area contributed by atoms with Gasteiger partial charge >= 0.3 is 0 Å². The Kier molecular flexibility index (Phi) is 3.86. The van der Waals surface area contributed by atoms with Crippen LogP contribution in [-0.2, 0) is 5.75 Å². The van der Waals surface area contributed by atoms with E-state index in [-0.39, 0.29) is 5.82 Å². The Balaban J connectivity index is 2.12. The number of nitrogens with zero attached hydrogens (tertiary/aromatic N) is 1. The maximum atomic E-state index is 13.0. The molecule has 5 heteroatoms. The molecule has 0 fully saturated rings. The van der Waals surface area contributed by atoms with Gasteiger partial charge in [-0.2, -0.15) is 0 Å². The van der Waals surface area contributed by atoms with Crippen LogP contribution in [0.25, 0.3) is 0 Å². The molecule has 0 aliphatic carbocycles. The Morgan fingerprint density at radius 2 is 2.18 bits per heavy atom. The Morgan fingerprint density at radius 1 is 1.35 bits per heavy atom. The maximum Gasteiger partial charge on any atom is 0.124 e. The van der Waals surface area contributed by atoms with Crippen molar-refractivity contribution in [2.45, 2.75) is 10.6 Å². The molecule has 0 radical (unpaired) electrons. The van der Waals surface area contributed by atoms with Gasteiger partial charge in [0.1, 0.15) is 5.82 Å². The number of nitrogen functional groups attached to an aromatic ring is 1. The smallest absolute Gasteiger partial charge is 0.124 e. The van der Waals surface area contributed by atoms with E-state index in [9.17, 15) is 4.39 Å². The molecule has 0 aliphatic heterocycles. The predicted molar refractivity (Wildman–Crippen MR) is 69.6 cm³/mol. The van der Waals surface area contributed by atoms with Crippen molar-refractivity contribution in [1.29, 1.82) is 0 Å². The molecule has 0 saturated heterocycles. The van der Waals surface area contributed by atoms with Crippen molar-refractivity contribution in [3.05, 3.63) is 53.1 Å². The number of pyridine rings is 1. The zero-order valence-electron chi connectivity index (χ0n) is 8.86. The van der Waals surface area contributed by atoms with Crippen LogP contribution in [-0.4, -0.2) is 4.98 Å². The Labute approximate surface area is 108 Å². The van der Waals surface area contributed by atoms with Gasteiger partial charge in [0.05, 0.1) is 5.02 Å². The number of hydrogen-bond acceptors (Lipinski definition) is 3. The van der Waals surface area contributed by atoms with Gasteiger partial charge in [-0.1, -0.05) is 11.6 Å². The molecule has 0 amide bonds. The number of anilines is 1. The molecule has 2 rings (SSSR count). The fourth-order valence-corrected chi connectivity index (χ4v) is 2.57. The van der Waals surface area contributed by atoms with Crippen LogP contribution in [0.15, 0.2) is 41.6 Å². The highest BCUT2D eigenvalue weighted by Crippen LogP contribution is 2.30. The van der Waals surface area contributed by atoms with Gasteiger partial charge in [0.25, 0.3) is 0 Å². The zero-order valence-corrected chi connectivity index (χ0v) is 10.4. The number of benzene rings is 1. The van der Waals surface area contributed by atoms with Gasteiger partial charge in [0.2, 0.25) is 0 Å². The first-order valence-corrected chi connectivity index (χ1v) is 6.29. The third-order valence-electron chi connectivity index (χ3n) is 2.22. The highest BCUT2D eigenvalue weighted by molar-refractivity contribution is 7.98. The summed E-state index contributed by atoms with van der Waals surface area (Å²) in [6.45, 7) is 0. The number of rotatable bonds is 3. The minimum atomic E-state index is -0.289. The second kappa shape index (κ2) is 5.38. The number of hydrogen-bond donors (Lipinski definition) is 1. The van der Waals surface area contributed by atoms with E-state index in [1.54, 1.807) is 18.5 Å². The van der Waals surface area contributed by atoms with E-state index in [1.165, 1.54) is 23.9 Å². The average Bonchev–Trinajstić information content (AvgIpc) is 2.32. The molecule has 2 aromatic rings. The van der Waals surface area contributed by atoms with E-state index in [4.69, 9.17) is 17.3 Å². The van der Waals surface area contributed by atoms with Gasteiger partial charge in [-0.05, 0) is 29.8 Å². The van der Waals surface area contributed by atoms with E-state index in [1.807, 2.05) is 6.07 Å². The van der Waals surface area contributed by atoms with E-state index in [0.717, 1.165) is 10.5 Å². The lowest BCUT2D eigenvalue weighted by molar-refractivity contribution is 0.624. The summed E-state index contributed by atoms with van der Waals surface area (Å²) in [5.74, 6) is 0.345. The van der Waals surface area contributed by atoms with Crippen molar-refractivity contribution >= 4 is 29.1 Å². The van der Waals surface area contributed by atoms with Crippen LogP contribution in [0.4, 0.5) is 10.1 Å². The average molecular weight is 269 g/mol. The van der Waals surface area contributed by atoms with E-state index in [2.05, 4.69) is 4.98 Å². The summed E-state index contributed by atoms with van der Waals surface area (Å²) in [6.07, 6.45) is 3.27. The molecule has 0 saturated carbocycles. The van der Waals surface area contributed by atoms with Crippen LogP contribution >= 0.6 is 23.4 Å². The molecule has 0 unspecified atom stereocenters. The molecule has 0 spiro atoms. The monoisotopic (exact) mass is 268 g/mol. The van der Waals surface area contributed by atoms with Crippen molar-refractivity contribution in [2.75, 3.05) is 5.73 Å². The molecular weight excluding hydrogens is 259 g/mol. The van der Waals surface area contributed by atoms with Crippen LogP contribution in [0.5, 0.6) is 0 Å². The van der Waals surface area contributed by atoms with Gasteiger partial charge in [-0.3, -0.25) is 4.98 Å². The SMILES string of the molecule is Nc1ccc(F)cc1SCc1ccncc1Cl. The second-order valence-electron chi connectivity index (χ2n) is 3.44. The quantitative estimate of drug-likeness (QED) is 0.681. The summed E-state index contributed by atoms with van der Waals surface area (Å²) in [4.78, 5) is 4.63. The Hall–Kier alpha value is -1.26. The van der Waals surface area contributed by atoms with Crippen molar-refractivity contribution in [3.8, 4) is 0 Å². The topological polar surface area (TPSA) is 38.9 Å². The third kappa shape index (κ3) is 3.11. The van der Waals surface area contributed by atoms with Crippen molar-refractivity contribution in [1.82, 2.24) is 4.98 Å². The van der Waals surface area contributed by atoms with Gasteiger partial charge in [0.15, 0.2) is 0 Å². The fraction of sp³-hybridized carbons (Fsp3) is 0.0833. The first-order chi connectivity index (χ1) is 8.16. The minimum absolute atomic E-state index is 0.289. The molecule has 1 aromatic heterocycles. The lowest BCUT2D eigenvalue weighted by Gasteiger charge is -2.06. The van der Waals surface area contributed by atoms with Crippen LogP contribution in [0.3, 0.4) is 0 Å². The standard InChI is InChI=1S/C12H10ClFN2S/c13-10-6-16-4-3-8(10)7-17-12-5-9(14)1-2-11(12)15/h1-6H,7,15H2. The Morgan fingerprint density at radius 3 is 2.94 bits per heavy atom. The highest BCUT2D eigenvalue weighted by atomic mass is 35.5. The molecule has 1 heterocycles. The van der Waals surface area contributed by atoms with Gasteiger partial charge in [-0.25, -0.2) is 4.39 Å². The molecule has 2 N–H and O–H groups in total.